The number of carbonyl (C=O) groups is 2. The second kappa shape index (κ2) is 8.35. The van der Waals surface area contributed by atoms with Crippen LogP contribution in [0.25, 0.3) is 0 Å². The SMILES string of the molecule is COC1(CCC(N)=O)CCCN(C(=O)COc2ccccc2Cl)C1. The van der Waals surface area contributed by atoms with Gasteiger partial charge in [-0.1, -0.05) is 23.7 Å². The molecule has 1 aliphatic heterocycles. The lowest BCUT2D eigenvalue weighted by atomic mass is 9.88. The molecule has 0 spiro atoms. The molecule has 1 aliphatic rings. The van der Waals surface area contributed by atoms with E-state index in [9.17, 15) is 9.59 Å². The summed E-state index contributed by atoms with van der Waals surface area (Å²) in [5.74, 6) is -0.0108. The summed E-state index contributed by atoms with van der Waals surface area (Å²) >= 11 is 6.02. The summed E-state index contributed by atoms with van der Waals surface area (Å²) < 4.78 is 11.1. The number of nitrogens with two attached hydrogens (primary N) is 1. The third-order valence-corrected chi connectivity index (χ3v) is 4.65. The smallest absolute Gasteiger partial charge is 0.260 e. The zero-order chi connectivity index (χ0) is 17.6. The Balaban J connectivity index is 1.94. The Hall–Kier alpha value is -1.79. The van der Waals surface area contributed by atoms with Crippen molar-refractivity contribution in [2.75, 3.05) is 26.8 Å². The lowest BCUT2D eigenvalue weighted by molar-refractivity contribution is -0.143. The Morgan fingerprint density at radius 2 is 2.12 bits per heavy atom. The van der Waals surface area contributed by atoms with E-state index in [4.69, 9.17) is 26.8 Å². The van der Waals surface area contributed by atoms with Gasteiger partial charge in [0, 0.05) is 26.6 Å². The highest BCUT2D eigenvalue weighted by Crippen LogP contribution is 2.29. The number of likely N-dealkylation sites (tertiary alicyclic amines) is 1. The summed E-state index contributed by atoms with van der Waals surface area (Å²) in [6.07, 6.45) is 2.36. The lowest BCUT2D eigenvalue weighted by Crippen LogP contribution is -2.52. The lowest BCUT2D eigenvalue weighted by Gasteiger charge is -2.41. The molecule has 7 heteroatoms. The van der Waals surface area contributed by atoms with Crippen LogP contribution in [-0.4, -0.2) is 49.1 Å². The summed E-state index contributed by atoms with van der Waals surface area (Å²) in [5.41, 5.74) is 4.72. The quantitative estimate of drug-likeness (QED) is 0.811. The first-order valence-corrected chi connectivity index (χ1v) is 8.32. The molecule has 2 amide bonds. The van der Waals surface area contributed by atoms with E-state index in [1.807, 2.05) is 0 Å². The zero-order valence-corrected chi connectivity index (χ0v) is 14.6. The number of rotatable bonds is 7. The van der Waals surface area contributed by atoms with Crippen LogP contribution in [0.5, 0.6) is 5.75 Å². The van der Waals surface area contributed by atoms with E-state index in [0.29, 0.717) is 30.3 Å². The first kappa shape index (κ1) is 18.5. The molecule has 1 heterocycles. The highest BCUT2D eigenvalue weighted by atomic mass is 35.5. The van der Waals surface area contributed by atoms with Gasteiger partial charge >= 0.3 is 0 Å². The van der Waals surface area contributed by atoms with E-state index < -0.39 is 5.60 Å². The number of halogens is 1. The summed E-state index contributed by atoms with van der Waals surface area (Å²) in [6.45, 7) is 0.993. The molecule has 1 atom stereocenters. The average molecular weight is 355 g/mol. The largest absolute Gasteiger partial charge is 0.482 e. The molecule has 1 aromatic carbocycles. The van der Waals surface area contributed by atoms with Gasteiger partial charge in [-0.3, -0.25) is 9.59 Å². The summed E-state index contributed by atoms with van der Waals surface area (Å²) in [6, 6.07) is 7.03. The van der Waals surface area contributed by atoms with Crippen molar-refractivity contribution in [2.24, 2.45) is 5.73 Å². The second-order valence-electron chi connectivity index (χ2n) is 5.99. The van der Waals surface area contributed by atoms with Gasteiger partial charge in [-0.25, -0.2) is 0 Å². The Kier molecular flexibility index (Phi) is 6.45. The van der Waals surface area contributed by atoms with Crippen LogP contribution in [0.2, 0.25) is 5.02 Å². The standard InChI is InChI=1S/C17H23ClN2O4/c1-23-17(9-7-15(19)21)8-4-10-20(12-17)16(22)11-24-14-6-3-2-5-13(14)18/h2-3,5-6H,4,7-12H2,1H3,(H2,19,21). The molecule has 132 valence electrons. The fraction of sp³-hybridized carbons (Fsp3) is 0.529. The van der Waals surface area contributed by atoms with E-state index in [0.717, 1.165) is 12.8 Å². The van der Waals surface area contributed by atoms with E-state index in [1.54, 1.807) is 36.3 Å². The normalized spacial score (nSPS) is 20.7. The van der Waals surface area contributed by atoms with E-state index in [-0.39, 0.29) is 24.8 Å². The first-order chi connectivity index (χ1) is 11.5. The van der Waals surface area contributed by atoms with Crippen LogP contribution in [0.15, 0.2) is 24.3 Å². The summed E-state index contributed by atoms with van der Waals surface area (Å²) in [5, 5.41) is 0.469. The Morgan fingerprint density at radius 1 is 1.38 bits per heavy atom. The monoisotopic (exact) mass is 354 g/mol. The maximum Gasteiger partial charge on any atom is 0.260 e. The van der Waals surface area contributed by atoms with Crippen LogP contribution < -0.4 is 10.5 Å². The summed E-state index contributed by atoms with van der Waals surface area (Å²) in [7, 11) is 1.61. The van der Waals surface area contributed by atoms with Gasteiger partial charge in [0.25, 0.3) is 5.91 Å². The number of benzene rings is 1. The topological polar surface area (TPSA) is 81.9 Å². The van der Waals surface area contributed by atoms with Gasteiger partial charge in [-0.15, -0.1) is 0 Å². The number of amides is 2. The highest BCUT2D eigenvalue weighted by molar-refractivity contribution is 6.32. The van der Waals surface area contributed by atoms with Crippen LogP contribution in [0, 0.1) is 0 Å². The maximum absolute atomic E-state index is 12.4. The predicted molar refractivity (Wildman–Crippen MR) is 90.9 cm³/mol. The maximum atomic E-state index is 12.4. The van der Waals surface area contributed by atoms with Crippen molar-refractivity contribution < 1.29 is 19.1 Å². The number of ether oxygens (including phenoxy) is 2. The zero-order valence-electron chi connectivity index (χ0n) is 13.8. The number of hydrogen-bond donors (Lipinski definition) is 1. The number of primary amides is 1. The molecular formula is C17H23ClN2O4. The van der Waals surface area contributed by atoms with Crippen molar-refractivity contribution >= 4 is 23.4 Å². The Labute approximate surface area is 146 Å². The molecular weight excluding hydrogens is 332 g/mol. The minimum absolute atomic E-state index is 0.0840. The number of hydrogen-bond acceptors (Lipinski definition) is 4. The highest BCUT2D eigenvalue weighted by Gasteiger charge is 2.37. The van der Waals surface area contributed by atoms with Gasteiger partial charge in [0.15, 0.2) is 6.61 Å². The minimum Gasteiger partial charge on any atom is -0.482 e. The van der Waals surface area contributed by atoms with E-state index in [1.165, 1.54) is 0 Å². The second-order valence-corrected chi connectivity index (χ2v) is 6.40. The molecule has 24 heavy (non-hydrogen) atoms. The molecule has 6 nitrogen and oxygen atoms in total. The number of nitrogens with zero attached hydrogens (tertiary/aromatic N) is 1. The van der Waals surface area contributed by atoms with Crippen LogP contribution in [0.3, 0.4) is 0 Å². The molecule has 0 aliphatic carbocycles. The molecule has 0 saturated carbocycles. The van der Waals surface area contributed by atoms with Gasteiger partial charge in [-0.2, -0.15) is 0 Å². The number of piperidine rings is 1. The molecule has 1 aromatic rings. The molecule has 1 fully saturated rings. The van der Waals surface area contributed by atoms with Crippen molar-refractivity contribution in [1.29, 1.82) is 0 Å². The van der Waals surface area contributed by atoms with Crippen LogP contribution in [0.4, 0.5) is 0 Å². The molecule has 1 unspecified atom stereocenters. The third-order valence-electron chi connectivity index (χ3n) is 4.34. The van der Waals surface area contributed by atoms with Crippen molar-refractivity contribution in [3.63, 3.8) is 0 Å². The number of carbonyl (C=O) groups excluding carboxylic acids is 2. The molecule has 2 N–H and O–H groups in total. The van der Waals surface area contributed by atoms with Crippen LogP contribution >= 0.6 is 11.6 Å². The van der Waals surface area contributed by atoms with E-state index >= 15 is 0 Å². The fourth-order valence-corrected chi connectivity index (χ4v) is 3.12. The van der Waals surface area contributed by atoms with Gasteiger partial charge < -0.3 is 20.1 Å². The van der Waals surface area contributed by atoms with Crippen molar-refractivity contribution in [3.8, 4) is 5.75 Å². The van der Waals surface area contributed by atoms with Gasteiger partial charge in [0.05, 0.1) is 10.6 Å². The predicted octanol–water partition coefficient (Wildman–Crippen LogP) is 1.99. The fourth-order valence-electron chi connectivity index (χ4n) is 2.93. The molecule has 0 radical (unpaired) electrons. The Morgan fingerprint density at radius 3 is 2.79 bits per heavy atom. The van der Waals surface area contributed by atoms with E-state index in [2.05, 4.69) is 0 Å². The molecule has 1 saturated heterocycles. The third kappa shape index (κ3) is 4.85. The van der Waals surface area contributed by atoms with Crippen molar-refractivity contribution in [1.82, 2.24) is 4.90 Å². The average Bonchev–Trinajstić information content (AvgIpc) is 2.59. The minimum atomic E-state index is -0.521. The summed E-state index contributed by atoms with van der Waals surface area (Å²) in [4.78, 5) is 25.2. The molecule has 0 bridgehead atoms. The van der Waals surface area contributed by atoms with Crippen LogP contribution in [0.1, 0.15) is 25.7 Å². The molecule has 0 aromatic heterocycles. The first-order valence-electron chi connectivity index (χ1n) is 7.94. The van der Waals surface area contributed by atoms with Gasteiger partial charge in [-0.05, 0) is 31.4 Å². The van der Waals surface area contributed by atoms with Crippen molar-refractivity contribution in [2.45, 2.75) is 31.3 Å². The van der Waals surface area contributed by atoms with Gasteiger partial charge in [0.1, 0.15) is 5.75 Å². The number of para-hydroxylation sites is 1. The van der Waals surface area contributed by atoms with Crippen LogP contribution in [-0.2, 0) is 14.3 Å². The van der Waals surface area contributed by atoms with Gasteiger partial charge in [0.2, 0.25) is 5.91 Å². The molecule has 2 rings (SSSR count). The number of methoxy groups -OCH3 is 1. The Bertz CT molecular complexity index is 596. The van der Waals surface area contributed by atoms with Crippen molar-refractivity contribution in [3.05, 3.63) is 29.3 Å².